The number of nitrogens with two attached hydrogens (primary N) is 1. The largest absolute Gasteiger partial charge is 0.509 e. The zero-order valence-corrected chi connectivity index (χ0v) is 46.8. The first-order valence-corrected chi connectivity index (χ1v) is 28.9. The van der Waals surface area contributed by atoms with Gasteiger partial charge in [0.15, 0.2) is 0 Å². The number of amides is 5. The van der Waals surface area contributed by atoms with E-state index in [2.05, 4.69) is 26.6 Å². The second-order valence-electron chi connectivity index (χ2n) is 20.0. The van der Waals surface area contributed by atoms with Crippen molar-refractivity contribution in [2.45, 2.75) is 108 Å². The molecule has 0 aliphatic carbocycles. The van der Waals surface area contributed by atoms with Gasteiger partial charge in [-0.1, -0.05) is 121 Å². The van der Waals surface area contributed by atoms with E-state index in [1.807, 2.05) is 50.2 Å². The maximum absolute atomic E-state index is 13.9. The highest BCUT2D eigenvalue weighted by Crippen LogP contribution is 2.41. The highest BCUT2D eigenvalue weighted by Gasteiger charge is 2.51. The monoisotopic (exact) mass is 1160 g/mol. The summed E-state index contributed by atoms with van der Waals surface area (Å²) in [6.07, 6.45) is -1.44. The molecule has 6 atom stereocenters. The molecule has 3 aromatic carbocycles. The molecule has 0 saturated heterocycles. The minimum absolute atomic E-state index is 0.00117. The number of esters is 1. The van der Waals surface area contributed by atoms with Gasteiger partial charge in [0, 0.05) is 53.8 Å². The van der Waals surface area contributed by atoms with Crippen molar-refractivity contribution in [3.63, 3.8) is 0 Å². The Morgan fingerprint density at radius 1 is 0.780 bits per heavy atom. The van der Waals surface area contributed by atoms with Gasteiger partial charge in [0.25, 0.3) is 5.56 Å². The predicted octanol–water partition coefficient (Wildman–Crippen LogP) is 3.49. The summed E-state index contributed by atoms with van der Waals surface area (Å²) in [7, 11) is 1.99. The second-order valence-corrected chi connectivity index (χ2v) is 22.6. The van der Waals surface area contributed by atoms with Crippen molar-refractivity contribution in [1.82, 2.24) is 36.1 Å². The van der Waals surface area contributed by atoms with E-state index >= 15 is 0 Å². The fourth-order valence-electron chi connectivity index (χ4n) is 9.20. The van der Waals surface area contributed by atoms with Crippen LogP contribution >= 0.6 is 21.6 Å². The number of carbonyl (C=O) groups excluding carboxylic acids is 7. The van der Waals surface area contributed by atoms with Crippen LogP contribution in [0.2, 0.25) is 0 Å². The zero-order valence-electron chi connectivity index (χ0n) is 45.2. The van der Waals surface area contributed by atoms with Gasteiger partial charge in [-0.05, 0) is 48.1 Å². The Kier molecular flexibility index (Phi) is 21.3. The van der Waals surface area contributed by atoms with Crippen molar-refractivity contribution in [2.24, 2.45) is 11.7 Å². The van der Waals surface area contributed by atoms with Gasteiger partial charge >= 0.3 is 24.1 Å². The van der Waals surface area contributed by atoms with Crippen LogP contribution < -0.4 is 37.9 Å². The molecular weight excluding hydrogens is 1100 g/mol. The summed E-state index contributed by atoms with van der Waals surface area (Å²) in [5.74, 6) is -7.89. The fourth-order valence-corrected chi connectivity index (χ4v) is 11.2. The first-order valence-electron chi connectivity index (χ1n) is 26.5. The van der Waals surface area contributed by atoms with Crippen molar-refractivity contribution in [3.8, 4) is 11.4 Å². The van der Waals surface area contributed by atoms with Crippen molar-refractivity contribution >= 4 is 86.1 Å². The van der Waals surface area contributed by atoms with Crippen LogP contribution in [0.1, 0.15) is 74.3 Å². The number of benzene rings is 3. The average molecular weight is 1170 g/mol. The van der Waals surface area contributed by atoms with E-state index in [1.54, 1.807) is 67.6 Å². The van der Waals surface area contributed by atoms with Crippen LogP contribution in [0.3, 0.4) is 0 Å². The molecule has 0 saturated carbocycles. The van der Waals surface area contributed by atoms with Gasteiger partial charge in [0.2, 0.25) is 35.1 Å². The zero-order chi connectivity index (χ0) is 59.1. The van der Waals surface area contributed by atoms with Crippen LogP contribution in [0.15, 0.2) is 102 Å². The summed E-state index contributed by atoms with van der Waals surface area (Å²) < 4.78 is 17.9. The maximum atomic E-state index is 13.9. The molecule has 4 heterocycles. The number of aromatic nitrogens is 2. The molecule has 7 rings (SSSR count). The van der Waals surface area contributed by atoms with Gasteiger partial charge < -0.3 is 61.3 Å². The topological polar surface area (TPSA) is 343 Å². The lowest BCUT2D eigenvalue weighted by atomic mass is 9.85. The first kappa shape index (κ1) is 61.3. The summed E-state index contributed by atoms with van der Waals surface area (Å²) in [5.41, 5.74) is 7.91. The number of hydrogen-bond acceptors (Lipinski definition) is 17. The third-order valence-corrected chi connectivity index (χ3v) is 16.0. The quantitative estimate of drug-likeness (QED) is 0.0198. The number of carbonyl (C=O) groups is 9. The van der Waals surface area contributed by atoms with Crippen LogP contribution in [0, 0.1) is 5.92 Å². The van der Waals surface area contributed by atoms with Gasteiger partial charge in [0.05, 0.1) is 35.4 Å². The van der Waals surface area contributed by atoms with Crippen molar-refractivity contribution in [2.75, 3.05) is 24.7 Å². The number of rotatable bonds is 28. The van der Waals surface area contributed by atoms with Crippen molar-refractivity contribution in [1.29, 1.82) is 0 Å². The maximum Gasteiger partial charge on any atom is 0.509 e. The Balaban J connectivity index is 0.901. The highest BCUT2D eigenvalue weighted by molar-refractivity contribution is 8.76. The SMILES string of the molecule is CC[C@@]1(OC(=O)OCCSSC[C@H](NC(=O)[C@H](CC(=O)O)NC(=O)[C@@H](N)CNC(=O)[C@H](Cc2ccccc2)NC(=O)[C@H](Cc2ccccc2)NC(=O)CCC(C)C)C(=O)O)C(=O)OCc2c1cc1n(c2=O)Cc2cc3ccccc3nc2-1. The summed E-state index contributed by atoms with van der Waals surface area (Å²) in [5, 5.41) is 33.0. The lowest BCUT2D eigenvalue weighted by Crippen LogP contribution is -2.58. The molecular formula is C57H64N8O15S2. The standard InChI is InChI=1S/C57H64N8O15S2/c1-4-57(38-26-45-48-36(25-35-17-11-12-18-40(35)61-48)29-65(45)53(73)37(38)30-79-55(57)76)80-56(77)78-21-22-81-82-31-44(54(74)75)64-52(72)43(27-47(67)68)62-49(69)39(58)28-59-50(70)41(23-33-13-7-5-8-14-33)63-51(71)42(24-34-15-9-6-10-16-34)60-46(66)20-19-32(2)3/h5-18,25-26,32,39,41-44H,4,19-24,27-31,58H2,1-3H3,(H,59,70)(H,60,66)(H,62,69)(H,63,71)(H,64,72)(H,67,68)(H,74,75)/t39-,41-,42-,43-,44-,57-/m0/s1. The highest BCUT2D eigenvalue weighted by atomic mass is 33.1. The predicted molar refractivity (Wildman–Crippen MR) is 303 cm³/mol. The van der Waals surface area contributed by atoms with E-state index in [9.17, 15) is 58.2 Å². The molecule has 2 aliphatic rings. The van der Waals surface area contributed by atoms with Gasteiger partial charge in [0.1, 0.15) is 43.4 Å². The summed E-state index contributed by atoms with van der Waals surface area (Å²) >= 11 is 0. The van der Waals surface area contributed by atoms with E-state index < -0.39 is 102 Å². The van der Waals surface area contributed by atoms with Gasteiger partial charge in [-0.25, -0.2) is 19.4 Å². The fraction of sp³-hybridized carbons (Fsp3) is 0.386. The van der Waals surface area contributed by atoms with Gasteiger partial charge in [-0.15, -0.1) is 0 Å². The number of hydrogen-bond donors (Lipinski definition) is 8. The number of carboxylic acid groups (broad SMARTS) is 2. The Hall–Kier alpha value is -8.29. The number of nitrogens with zero attached hydrogens (tertiary/aromatic N) is 2. The van der Waals surface area contributed by atoms with Crippen molar-refractivity contribution in [3.05, 3.63) is 135 Å². The molecule has 0 bridgehead atoms. The molecule has 5 amide bonds. The molecule has 0 fully saturated rings. The Morgan fingerprint density at radius 3 is 2.05 bits per heavy atom. The number of carboxylic acids is 2. The van der Waals surface area contributed by atoms with Crippen LogP contribution in [-0.2, 0) is 84.2 Å². The first-order chi connectivity index (χ1) is 39.3. The van der Waals surface area contributed by atoms with Gasteiger partial charge in [-0.3, -0.25) is 33.6 Å². The Morgan fingerprint density at radius 2 is 1.40 bits per heavy atom. The molecule has 2 aliphatic heterocycles. The number of nitrogens with one attached hydrogen (secondary N) is 5. The number of aliphatic carboxylic acids is 2. The Labute approximate surface area is 479 Å². The molecule has 23 nitrogen and oxygen atoms in total. The number of cyclic esters (lactones) is 1. The summed E-state index contributed by atoms with van der Waals surface area (Å²) in [6.45, 7) is 4.60. The van der Waals surface area contributed by atoms with Crippen LogP contribution in [0.25, 0.3) is 22.3 Å². The third-order valence-electron chi connectivity index (χ3n) is 13.6. The van der Waals surface area contributed by atoms with Crippen LogP contribution in [0.4, 0.5) is 4.79 Å². The molecule has 434 valence electrons. The number of ether oxygens (including phenoxy) is 3. The van der Waals surface area contributed by atoms with E-state index in [0.29, 0.717) is 28.9 Å². The summed E-state index contributed by atoms with van der Waals surface area (Å²) in [4.78, 5) is 137. The van der Waals surface area contributed by atoms with Crippen molar-refractivity contribution < 1.29 is 67.6 Å². The number of fused-ring (bicyclic) bond motifs is 5. The van der Waals surface area contributed by atoms with Gasteiger partial charge in [-0.2, -0.15) is 0 Å². The van der Waals surface area contributed by atoms with Crippen LogP contribution in [-0.4, -0.2) is 128 Å². The smallest absolute Gasteiger partial charge is 0.481 e. The van der Waals surface area contributed by atoms with E-state index in [-0.39, 0.29) is 79.9 Å². The summed E-state index contributed by atoms with van der Waals surface area (Å²) in [6, 6.07) is 21.5. The molecule has 82 heavy (non-hydrogen) atoms. The lowest BCUT2D eigenvalue weighted by Gasteiger charge is -2.35. The lowest BCUT2D eigenvalue weighted by molar-refractivity contribution is -0.175. The van der Waals surface area contributed by atoms with E-state index in [1.165, 1.54) is 4.57 Å². The molecule has 9 N–H and O–H groups in total. The molecule has 25 heteroatoms. The average Bonchev–Trinajstić information content (AvgIpc) is 3.54. The molecule has 0 spiro atoms. The molecule has 0 radical (unpaired) electrons. The third kappa shape index (κ3) is 15.8. The number of pyridine rings is 2. The number of para-hydroxylation sites is 1. The normalized spacial score (nSPS) is 15.9. The minimum Gasteiger partial charge on any atom is -0.481 e. The van der Waals surface area contributed by atoms with E-state index in [4.69, 9.17) is 24.9 Å². The molecule has 0 unspecified atom stereocenters. The Bertz CT molecular complexity index is 3260. The second kappa shape index (κ2) is 28.4. The van der Waals surface area contributed by atoms with Crippen LogP contribution in [0.5, 0.6) is 0 Å². The molecule has 2 aromatic heterocycles. The minimum atomic E-state index is -2.03. The van der Waals surface area contributed by atoms with E-state index in [0.717, 1.165) is 38.1 Å². The molecule has 5 aromatic rings.